The van der Waals surface area contributed by atoms with E-state index >= 15 is 0 Å². The van der Waals surface area contributed by atoms with Crippen molar-refractivity contribution in [1.29, 1.82) is 0 Å². The molecule has 1 fully saturated rings. The summed E-state index contributed by atoms with van der Waals surface area (Å²) in [5.74, 6) is -0.317. The molecule has 0 aliphatic carbocycles. The van der Waals surface area contributed by atoms with Gasteiger partial charge in [-0.25, -0.2) is 4.98 Å². The van der Waals surface area contributed by atoms with Gasteiger partial charge in [-0.1, -0.05) is 0 Å². The number of carbonyl (C=O) groups is 1. The van der Waals surface area contributed by atoms with Crippen LogP contribution in [0.2, 0.25) is 0 Å². The number of nitrogens with one attached hydrogen (secondary N) is 1. The van der Waals surface area contributed by atoms with Crippen LogP contribution in [0.3, 0.4) is 0 Å². The summed E-state index contributed by atoms with van der Waals surface area (Å²) in [6, 6.07) is -0.363. The number of rotatable bonds is 3. The minimum Gasteiger partial charge on any atom is -0.368 e. The lowest BCUT2D eigenvalue weighted by Gasteiger charge is -2.32. The quantitative estimate of drug-likeness (QED) is 0.734. The number of nitrogens with zero attached hydrogens (tertiary/aromatic N) is 2. The Morgan fingerprint density at radius 2 is 2.33 bits per heavy atom. The molecule has 1 aromatic heterocycles. The zero-order chi connectivity index (χ0) is 10.7. The van der Waals surface area contributed by atoms with E-state index < -0.39 is 0 Å². The second kappa shape index (κ2) is 4.69. The summed E-state index contributed by atoms with van der Waals surface area (Å²) in [5, 5.41) is 5.13. The van der Waals surface area contributed by atoms with E-state index in [4.69, 9.17) is 5.73 Å². The number of piperazine rings is 1. The van der Waals surface area contributed by atoms with Crippen molar-refractivity contribution < 1.29 is 4.79 Å². The normalized spacial score (nSPS) is 20.0. The number of thiazole rings is 1. The van der Waals surface area contributed by atoms with Crippen molar-refractivity contribution in [1.82, 2.24) is 15.2 Å². The second-order valence-electron chi connectivity index (χ2n) is 3.50. The Kier molecular flexibility index (Phi) is 3.30. The molecule has 1 saturated heterocycles. The van der Waals surface area contributed by atoms with Crippen LogP contribution >= 0.6 is 11.3 Å². The lowest BCUT2D eigenvalue weighted by Crippen LogP contribution is -2.48. The molecule has 1 aromatic rings. The number of nitrogens with two attached hydrogens (primary N) is 1. The van der Waals surface area contributed by atoms with Gasteiger partial charge in [-0.2, -0.15) is 0 Å². The third-order valence-corrected chi connectivity index (χ3v) is 3.12. The van der Waals surface area contributed by atoms with E-state index in [1.807, 2.05) is 5.38 Å². The van der Waals surface area contributed by atoms with Gasteiger partial charge in [0.15, 0.2) is 0 Å². The predicted octanol–water partition coefficient (Wildman–Crippen LogP) is -0.425. The molecule has 6 heteroatoms. The third kappa shape index (κ3) is 2.34. The van der Waals surface area contributed by atoms with Crippen LogP contribution in [0.5, 0.6) is 0 Å². The van der Waals surface area contributed by atoms with Crippen molar-refractivity contribution in [3.05, 3.63) is 16.6 Å². The van der Waals surface area contributed by atoms with Crippen LogP contribution in [0.1, 0.15) is 11.7 Å². The number of hydrogen-bond donors (Lipinski definition) is 2. The molecule has 1 amide bonds. The second-order valence-corrected chi connectivity index (χ2v) is 4.22. The summed E-state index contributed by atoms with van der Waals surface area (Å²) in [6.45, 7) is 3.47. The molecule has 5 nitrogen and oxygen atoms in total. The minimum atomic E-state index is -0.363. The van der Waals surface area contributed by atoms with Crippen molar-refractivity contribution in [2.45, 2.75) is 6.04 Å². The van der Waals surface area contributed by atoms with Crippen LogP contribution in [-0.2, 0) is 4.79 Å². The SMILES string of the molecule is NC(=O)C(c1cscn1)N1CCNCC1. The molecule has 0 bridgehead atoms. The van der Waals surface area contributed by atoms with Crippen LogP contribution in [0, 0.1) is 0 Å². The van der Waals surface area contributed by atoms with Gasteiger partial charge in [0.2, 0.25) is 5.91 Å². The van der Waals surface area contributed by atoms with Crippen molar-refractivity contribution in [2.75, 3.05) is 26.2 Å². The lowest BCUT2D eigenvalue weighted by molar-refractivity contribution is -0.123. The van der Waals surface area contributed by atoms with Crippen LogP contribution in [-0.4, -0.2) is 42.0 Å². The monoisotopic (exact) mass is 226 g/mol. The Labute approximate surface area is 92.3 Å². The molecule has 1 aliphatic rings. The fourth-order valence-electron chi connectivity index (χ4n) is 1.81. The average Bonchev–Trinajstić information content (AvgIpc) is 2.72. The maximum absolute atomic E-state index is 11.4. The Morgan fingerprint density at radius 3 is 2.87 bits per heavy atom. The van der Waals surface area contributed by atoms with Gasteiger partial charge in [0.05, 0.1) is 11.2 Å². The van der Waals surface area contributed by atoms with E-state index in [2.05, 4.69) is 15.2 Å². The first-order valence-corrected chi connectivity index (χ1v) is 5.85. The van der Waals surface area contributed by atoms with Crippen LogP contribution in [0.4, 0.5) is 0 Å². The molecule has 1 aliphatic heterocycles. The summed E-state index contributed by atoms with van der Waals surface area (Å²) < 4.78 is 0. The molecule has 15 heavy (non-hydrogen) atoms. The summed E-state index contributed by atoms with van der Waals surface area (Å²) >= 11 is 1.49. The highest BCUT2D eigenvalue weighted by Gasteiger charge is 2.28. The molecular formula is C9H14N4OS. The molecule has 1 atom stereocenters. The third-order valence-electron chi connectivity index (χ3n) is 2.52. The maximum Gasteiger partial charge on any atom is 0.241 e. The number of amides is 1. The molecule has 1 unspecified atom stereocenters. The first-order chi connectivity index (χ1) is 7.29. The fraction of sp³-hybridized carbons (Fsp3) is 0.556. The van der Waals surface area contributed by atoms with Gasteiger partial charge in [0, 0.05) is 31.6 Å². The Hall–Kier alpha value is -0.980. The van der Waals surface area contributed by atoms with E-state index in [-0.39, 0.29) is 11.9 Å². The van der Waals surface area contributed by atoms with Gasteiger partial charge in [0.25, 0.3) is 0 Å². The molecule has 0 radical (unpaired) electrons. The van der Waals surface area contributed by atoms with E-state index in [0.29, 0.717) is 0 Å². The van der Waals surface area contributed by atoms with E-state index in [1.165, 1.54) is 11.3 Å². The summed E-state index contributed by atoms with van der Waals surface area (Å²) in [6.07, 6.45) is 0. The van der Waals surface area contributed by atoms with Crippen molar-refractivity contribution in [3.63, 3.8) is 0 Å². The van der Waals surface area contributed by atoms with Crippen LogP contribution in [0.15, 0.2) is 10.9 Å². The maximum atomic E-state index is 11.4. The Bertz CT molecular complexity index is 321. The van der Waals surface area contributed by atoms with Gasteiger partial charge in [-0.05, 0) is 0 Å². The molecule has 2 rings (SSSR count). The smallest absolute Gasteiger partial charge is 0.241 e. The van der Waals surface area contributed by atoms with E-state index in [9.17, 15) is 4.79 Å². The van der Waals surface area contributed by atoms with Crippen molar-refractivity contribution in [2.24, 2.45) is 5.73 Å². The number of aromatic nitrogens is 1. The summed E-state index contributed by atoms with van der Waals surface area (Å²) in [5.41, 5.74) is 7.92. The highest BCUT2D eigenvalue weighted by atomic mass is 32.1. The zero-order valence-corrected chi connectivity index (χ0v) is 9.17. The average molecular weight is 226 g/mol. The topological polar surface area (TPSA) is 71.2 Å². The number of primary amides is 1. The number of carbonyl (C=O) groups excluding carboxylic acids is 1. The Morgan fingerprint density at radius 1 is 1.60 bits per heavy atom. The fourth-order valence-corrected chi connectivity index (χ4v) is 2.38. The zero-order valence-electron chi connectivity index (χ0n) is 8.35. The Balaban J connectivity index is 2.15. The summed E-state index contributed by atoms with van der Waals surface area (Å²) in [4.78, 5) is 17.7. The van der Waals surface area contributed by atoms with Crippen LogP contribution in [0.25, 0.3) is 0 Å². The van der Waals surface area contributed by atoms with Crippen LogP contribution < -0.4 is 11.1 Å². The van der Waals surface area contributed by atoms with Gasteiger partial charge in [-0.3, -0.25) is 9.69 Å². The van der Waals surface area contributed by atoms with E-state index in [1.54, 1.807) is 5.51 Å². The summed E-state index contributed by atoms with van der Waals surface area (Å²) in [7, 11) is 0. The minimum absolute atomic E-state index is 0.317. The van der Waals surface area contributed by atoms with E-state index in [0.717, 1.165) is 31.9 Å². The standard InChI is InChI=1S/C9H14N4OS/c10-9(14)8(7-5-15-6-12-7)13-3-1-11-2-4-13/h5-6,8,11H,1-4H2,(H2,10,14). The molecular weight excluding hydrogens is 212 g/mol. The highest BCUT2D eigenvalue weighted by molar-refractivity contribution is 7.07. The molecule has 0 spiro atoms. The molecule has 0 saturated carbocycles. The molecule has 82 valence electrons. The number of hydrogen-bond acceptors (Lipinski definition) is 5. The molecule has 3 N–H and O–H groups in total. The highest BCUT2D eigenvalue weighted by Crippen LogP contribution is 2.20. The lowest BCUT2D eigenvalue weighted by atomic mass is 10.1. The van der Waals surface area contributed by atoms with Crippen molar-refractivity contribution >= 4 is 17.2 Å². The van der Waals surface area contributed by atoms with Gasteiger partial charge in [0.1, 0.15) is 6.04 Å². The van der Waals surface area contributed by atoms with Gasteiger partial charge in [-0.15, -0.1) is 11.3 Å². The predicted molar refractivity (Wildman–Crippen MR) is 58.5 cm³/mol. The first kappa shape index (κ1) is 10.5. The van der Waals surface area contributed by atoms with Gasteiger partial charge >= 0.3 is 0 Å². The largest absolute Gasteiger partial charge is 0.368 e. The molecule has 0 aromatic carbocycles. The van der Waals surface area contributed by atoms with Crippen molar-refractivity contribution in [3.8, 4) is 0 Å². The molecule has 2 heterocycles. The first-order valence-electron chi connectivity index (χ1n) is 4.91. The van der Waals surface area contributed by atoms with Gasteiger partial charge < -0.3 is 11.1 Å².